The summed E-state index contributed by atoms with van der Waals surface area (Å²) >= 11 is 0. The van der Waals surface area contributed by atoms with Crippen molar-refractivity contribution < 1.29 is 5.11 Å². The van der Waals surface area contributed by atoms with Crippen LogP contribution in [0.5, 0.6) is 5.75 Å². The van der Waals surface area contributed by atoms with E-state index in [0.29, 0.717) is 11.8 Å². The first-order chi connectivity index (χ1) is 14.3. The van der Waals surface area contributed by atoms with E-state index in [1.807, 2.05) is 12.1 Å². The number of piperidine rings is 1. The third-order valence-electron chi connectivity index (χ3n) is 7.33. The van der Waals surface area contributed by atoms with Crippen molar-refractivity contribution >= 4 is 5.69 Å². The average Bonchev–Trinajstić information content (AvgIpc) is 2.77. The number of piperazine rings is 1. The summed E-state index contributed by atoms with van der Waals surface area (Å²) in [5, 5.41) is 9.90. The van der Waals surface area contributed by atoms with E-state index in [9.17, 15) is 5.11 Å². The molecule has 0 spiro atoms. The predicted molar refractivity (Wildman–Crippen MR) is 119 cm³/mol. The van der Waals surface area contributed by atoms with Gasteiger partial charge >= 0.3 is 0 Å². The molecule has 2 atom stereocenters. The summed E-state index contributed by atoms with van der Waals surface area (Å²) in [7, 11) is 0. The van der Waals surface area contributed by atoms with Gasteiger partial charge in [0.25, 0.3) is 0 Å². The molecular formula is C25H33N3O. The van der Waals surface area contributed by atoms with Gasteiger partial charge in [-0.25, -0.2) is 0 Å². The Morgan fingerprint density at radius 2 is 1.66 bits per heavy atom. The van der Waals surface area contributed by atoms with E-state index in [-0.39, 0.29) is 0 Å². The highest BCUT2D eigenvalue weighted by Gasteiger charge is 2.35. The van der Waals surface area contributed by atoms with Crippen LogP contribution in [0.4, 0.5) is 5.69 Å². The summed E-state index contributed by atoms with van der Waals surface area (Å²) in [6.07, 6.45) is 4.98. The van der Waals surface area contributed by atoms with Crippen molar-refractivity contribution in [1.29, 1.82) is 0 Å². The molecule has 0 aromatic heterocycles. The largest absolute Gasteiger partial charge is 0.508 e. The van der Waals surface area contributed by atoms with E-state index < -0.39 is 0 Å². The number of hydrogen-bond acceptors (Lipinski definition) is 4. The van der Waals surface area contributed by atoms with Crippen LogP contribution in [0.2, 0.25) is 0 Å². The second-order valence-corrected chi connectivity index (χ2v) is 9.03. The van der Waals surface area contributed by atoms with Crippen molar-refractivity contribution in [3.05, 3.63) is 59.7 Å². The summed E-state index contributed by atoms with van der Waals surface area (Å²) in [6, 6.07) is 17.5. The zero-order valence-corrected chi connectivity index (χ0v) is 17.3. The number of nitrogens with zero attached hydrogens (tertiary/aromatic N) is 3. The van der Waals surface area contributed by atoms with Crippen molar-refractivity contribution in [2.75, 3.05) is 50.7 Å². The van der Waals surface area contributed by atoms with Gasteiger partial charge in [0.2, 0.25) is 0 Å². The van der Waals surface area contributed by atoms with Gasteiger partial charge < -0.3 is 10.0 Å². The maximum Gasteiger partial charge on any atom is 0.115 e. The lowest BCUT2D eigenvalue weighted by molar-refractivity contribution is 0.0726. The van der Waals surface area contributed by atoms with E-state index in [0.717, 1.165) is 38.5 Å². The van der Waals surface area contributed by atoms with Gasteiger partial charge in [0.15, 0.2) is 0 Å². The Hall–Kier alpha value is -2.04. The predicted octanol–water partition coefficient (Wildman–Crippen LogP) is 3.39. The van der Waals surface area contributed by atoms with Gasteiger partial charge in [-0.1, -0.05) is 24.3 Å². The lowest BCUT2D eigenvalue weighted by Crippen LogP contribution is -2.53. The number of phenols is 1. The lowest BCUT2D eigenvalue weighted by atomic mass is 9.75. The number of likely N-dealkylation sites (tertiary alicyclic amines) is 1. The number of phenolic OH excluding ortho intramolecular Hbond substituents is 1. The highest BCUT2D eigenvalue weighted by molar-refractivity contribution is 5.46. The monoisotopic (exact) mass is 391 g/mol. The molecule has 1 aliphatic carbocycles. The first kappa shape index (κ1) is 19.0. The van der Waals surface area contributed by atoms with Crippen LogP contribution in [0, 0.1) is 5.92 Å². The van der Waals surface area contributed by atoms with Gasteiger partial charge in [-0.2, -0.15) is 0 Å². The second-order valence-electron chi connectivity index (χ2n) is 9.03. The van der Waals surface area contributed by atoms with Crippen LogP contribution in [0.25, 0.3) is 0 Å². The molecule has 5 rings (SSSR count). The van der Waals surface area contributed by atoms with Gasteiger partial charge in [-0.3, -0.25) is 9.80 Å². The molecule has 2 aromatic rings. The zero-order chi connectivity index (χ0) is 19.6. The molecule has 0 radical (unpaired) electrons. The van der Waals surface area contributed by atoms with Crippen LogP contribution < -0.4 is 4.90 Å². The minimum absolute atomic E-state index is 0.417. The van der Waals surface area contributed by atoms with Crippen molar-refractivity contribution in [3.8, 4) is 5.75 Å². The fourth-order valence-electron chi connectivity index (χ4n) is 5.67. The molecule has 4 nitrogen and oxygen atoms in total. The van der Waals surface area contributed by atoms with E-state index >= 15 is 0 Å². The van der Waals surface area contributed by atoms with Crippen LogP contribution in [0.15, 0.2) is 48.5 Å². The average molecular weight is 392 g/mol. The molecule has 0 unspecified atom stereocenters. The Morgan fingerprint density at radius 1 is 0.828 bits per heavy atom. The molecule has 1 N–H and O–H groups in total. The Bertz CT molecular complexity index is 816. The summed E-state index contributed by atoms with van der Waals surface area (Å²) in [5.41, 5.74) is 4.19. The molecule has 2 heterocycles. The Kier molecular flexibility index (Phi) is 5.47. The normalized spacial score (nSPS) is 25.4. The Morgan fingerprint density at radius 3 is 2.48 bits per heavy atom. The first-order valence-electron chi connectivity index (χ1n) is 11.3. The van der Waals surface area contributed by atoms with Crippen molar-refractivity contribution in [3.63, 3.8) is 0 Å². The molecule has 0 saturated carbocycles. The maximum atomic E-state index is 9.90. The van der Waals surface area contributed by atoms with E-state index in [1.165, 1.54) is 55.7 Å². The summed E-state index contributed by atoms with van der Waals surface area (Å²) in [5.74, 6) is 1.21. The molecule has 2 fully saturated rings. The molecule has 4 heteroatoms. The fraction of sp³-hybridized carbons (Fsp3) is 0.520. The number of rotatable bonds is 4. The highest BCUT2D eigenvalue weighted by atomic mass is 16.3. The van der Waals surface area contributed by atoms with Gasteiger partial charge in [0, 0.05) is 51.0 Å². The van der Waals surface area contributed by atoms with E-state index in [2.05, 4.69) is 51.1 Å². The first-order valence-corrected chi connectivity index (χ1v) is 11.3. The van der Waals surface area contributed by atoms with Crippen molar-refractivity contribution in [2.45, 2.75) is 31.7 Å². The molecule has 154 valence electrons. The molecule has 2 aliphatic heterocycles. The SMILES string of the molecule is Oc1ccc2c(c1)C[C@@H]1[C@@H](CCCN1CCN1CCN(c3ccccc3)CC1)C2. The zero-order valence-electron chi connectivity index (χ0n) is 17.3. The topological polar surface area (TPSA) is 30.0 Å². The third-order valence-corrected chi connectivity index (χ3v) is 7.33. The summed E-state index contributed by atoms with van der Waals surface area (Å²) in [6.45, 7) is 8.17. The molecule has 2 aromatic carbocycles. The minimum Gasteiger partial charge on any atom is -0.508 e. The second kappa shape index (κ2) is 8.37. The molecule has 0 amide bonds. The Labute approximate surface area is 174 Å². The maximum absolute atomic E-state index is 9.90. The van der Waals surface area contributed by atoms with Crippen LogP contribution >= 0.6 is 0 Å². The molecule has 29 heavy (non-hydrogen) atoms. The standard InChI is InChI=1S/C25H33N3O/c29-24-9-8-20-17-21-5-4-10-28(25(21)19-22(20)18-24)16-13-26-11-14-27(15-12-26)23-6-2-1-3-7-23/h1-3,6-9,18,21,25,29H,4-5,10-17,19H2/t21-,25+/m0/s1. The van der Waals surface area contributed by atoms with Crippen LogP contribution in [0.3, 0.4) is 0 Å². The lowest BCUT2D eigenvalue weighted by Gasteiger charge is -2.45. The molecule has 0 bridgehead atoms. The number of anilines is 1. The summed E-state index contributed by atoms with van der Waals surface area (Å²) in [4.78, 5) is 7.91. The van der Waals surface area contributed by atoms with E-state index in [4.69, 9.17) is 0 Å². The number of aromatic hydroxyl groups is 1. The smallest absolute Gasteiger partial charge is 0.115 e. The van der Waals surface area contributed by atoms with Gasteiger partial charge in [-0.15, -0.1) is 0 Å². The third kappa shape index (κ3) is 4.15. The van der Waals surface area contributed by atoms with Gasteiger partial charge in [0.1, 0.15) is 5.75 Å². The van der Waals surface area contributed by atoms with Crippen molar-refractivity contribution in [2.24, 2.45) is 5.92 Å². The van der Waals surface area contributed by atoms with Crippen LogP contribution in [-0.2, 0) is 12.8 Å². The Balaban J connectivity index is 1.16. The van der Waals surface area contributed by atoms with Crippen molar-refractivity contribution in [1.82, 2.24) is 9.80 Å². The quantitative estimate of drug-likeness (QED) is 0.865. The van der Waals surface area contributed by atoms with Crippen LogP contribution in [0.1, 0.15) is 24.0 Å². The number of fused-ring (bicyclic) bond motifs is 2. The number of benzene rings is 2. The van der Waals surface area contributed by atoms with Crippen LogP contribution in [-0.4, -0.2) is 66.8 Å². The minimum atomic E-state index is 0.417. The summed E-state index contributed by atoms with van der Waals surface area (Å²) < 4.78 is 0. The number of para-hydroxylation sites is 1. The van der Waals surface area contributed by atoms with Gasteiger partial charge in [-0.05, 0) is 73.5 Å². The highest BCUT2D eigenvalue weighted by Crippen LogP contribution is 2.36. The molecule has 2 saturated heterocycles. The van der Waals surface area contributed by atoms with Gasteiger partial charge in [0.05, 0.1) is 0 Å². The fourth-order valence-corrected chi connectivity index (χ4v) is 5.67. The molecular weight excluding hydrogens is 358 g/mol. The number of hydrogen-bond donors (Lipinski definition) is 1. The van der Waals surface area contributed by atoms with E-state index in [1.54, 1.807) is 0 Å². The molecule has 3 aliphatic rings.